The molecule has 3 heterocycles. The smallest absolute Gasteiger partial charge is 0.137 e. The summed E-state index contributed by atoms with van der Waals surface area (Å²) in [4.78, 5) is 4.79. The molecule has 0 bridgehead atoms. The lowest BCUT2D eigenvalue weighted by atomic mass is 9.86. The molecule has 0 N–H and O–H groups in total. The van der Waals surface area contributed by atoms with Crippen molar-refractivity contribution in [2.45, 2.75) is 66.2 Å². The van der Waals surface area contributed by atoms with Crippen LogP contribution in [0.15, 0.2) is 109 Å². The fourth-order valence-corrected chi connectivity index (χ4v) is 6.63. The number of hydrogen-bond donors (Lipinski definition) is 0. The molecular weight excluding hydrogens is 576 g/mol. The SMILES string of the molecule is CCc1ccnc(-n2c3ccccc3c3ccc(Oc4cc(-n5nc(CC)c(-c6ccccc6)c5CC)cc(C(C)(C)C)c4)cc32)c1. The predicted octanol–water partition coefficient (Wildman–Crippen LogP) is 10.8. The molecule has 47 heavy (non-hydrogen) atoms. The molecule has 0 fully saturated rings. The van der Waals surface area contributed by atoms with Gasteiger partial charge in [0.15, 0.2) is 0 Å². The van der Waals surface area contributed by atoms with E-state index in [-0.39, 0.29) is 5.41 Å². The Labute approximate surface area is 277 Å². The van der Waals surface area contributed by atoms with Crippen LogP contribution in [0, 0.1) is 0 Å². The first-order chi connectivity index (χ1) is 22.8. The van der Waals surface area contributed by atoms with E-state index in [4.69, 9.17) is 14.8 Å². The summed E-state index contributed by atoms with van der Waals surface area (Å²) in [6, 6.07) is 36.4. The second kappa shape index (κ2) is 12.2. The third-order valence-corrected chi connectivity index (χ3v) is 9.12. The number of nitrogens with zero attached hydrogens (tertiary/aromatic N) is 4. The molecule has 0 aliphatic heterocycles. The quantitative estimate of drug-likeness (QED) is 0.170. The summed E-state index contributed by atoms with van der Waals surface area (Å²) in [5, 5.41) is 7.56. The molecule has 0 aliphatic rings. The number of fused-ring (bicyclic) bond motifs is 3. The van der Waals surface area contributed by atoms with Gasteiger partial charge in [0.25, 0.3) is 0 Å². The third-order valence-electron chi connectivity index (χ3n) is 9.12. The Bertz CT molecular complexity index is 2220. The number of benzene rings is 4. The Morgan fingerprint density at radius 1 is 0.681 bits per heavy atom. The molecule has 7 aromatic rings. The van der Waals surface area contributed by atoms with E-state index in [0.29, 0.717) is 0 Å². The van der Waals surface area contributed by atoms with Crippen molar-refractivity contribution in [3.63, 3.8) is 0 Å². The van der Waals surface area contributed by atoms with Crippen LogP contribution in [0.4, 0.5) is 0 Å². The highest BCUT2D eigenvalue weighted by Gasteiger charge is 2.22. The maximum Gasteiger partial charge on any atom is 0.137 e. The van der Waals surface area contributed by atoms with E-state index >= 15 is 0 Å². The van der Waals surface area contributed by atoms with Crippen molar-refractivity contribution in [1.29, 1.82) is 0 Å². The zero-order valence-electron chi connectivity index (χ0n) is 28.2. The van der Waals surface area contributed by atoms with E-state index in [1.165, 1.54) is 38.7 Å². The maximum atomic E-state index is 6.76. The molecule has 3 aromatic heterocycles. The molecule has 7 rings (SSSR count). The summed E-state index contributed by atoms with van der Waals surface area (Å²) < 4.78 is 11.2. The second-order valence-electron chi connectivity index (χ2n) is 13.2. The van der Waals surface area contributed by atoms with Crippen molar-refractivity contribution in [2.75, 3.05) is 0 Å². The maximum absolute atomic E-state index is 6.76. The van der Waals surface area contributed by atoms with Gasteiger partial charge < -0.3 is 4.74 Å². The summed E-state index contributed by atoms with van der Waals surface area (Å²) in [6.45, 7) is 13.3. The summed E-state index contributed by atoms with van der Waals surface area (Å²) in [5.74, 6) is 2.48. The van der Waals surface area contributed by atoms with Gasteiger partial charge in [0.05, 0.1) is 28.1 Å². The normalized spacial score (nSPS) is 11.9. The minimum absolute atomic E-state index is 0.0875. The lowest BCUT2D eigenvalue weighted by Crippen LogP contribution is -2.13. The lowest BCUT2D eigenvalue weighted by molar-refractivity contribution is 0.478. The van der Waals surface area contributed by atoms with E-state index in [1.54, 1.807) is 0 Å². The van der Waals surface area contributed by atoms with Gasteiger partial charge in [-0.3, -0.25) is 4.57 Å². The Morgan fingerprint density at radius 3 is 2.19 bits per heavy atom. The standard InChI is InChI=1S/C42H42N4O/c1-7-28-21-22-43-40(23-28)45-38-18-14-13-17-34(38)35-20-19-32(27-39(35)45)47-33-25-30(42(4,5)6)24-31(26-33)46-37(9-3)41(36(8-2)44-46)29-15-11-10-12-16-29/h10-27H,7-9H2,1-6H3. The minimum atomic E-state index is -0.0875. The number of hydrogen-bond acceptors (Lipinski definition) is 3. The number of aromatic nitrogens is 4. The Morgan fingerprint density at radius 2 is 1.45 bits per heavy atom. The largest absolute Gasteiger partial charge is 0.457 e. The minimum Gasteiger partial charge on any atom is -0.457 e. The molecule has 0 amide bonds. The molecule has 0 radical (unpaired) electrons. The van der Waals surface area contributed by atoms with Crippen LogP contribution in [0.3, 0.4) is 0 Å². The molecule has 0 saturated carbocycles. The van der Waals surface area contributed by atoms with Gasteiger partial charge in [-0.1, -0.05) is 90.1 Å². The van der Waals surface area contributed by atoms with E-state index in [1.807, 2.05) is 6.20 Å². The Kier molecular flexibility index (Phi) is 7.93. The average Bonchev–Trinajstić information content (AvgIpc) is 3.63. The highest BCUT2D eigenvalue weighted by atomic mass is 16.5. The van der Waals surface area contributed by atoms with Gasteiger partial charge in [-0.05, 0) is 83.8 Å². The molecule has 5 nitrogen and oxygen atoms in total. The lowest BCUT2D eigenvalue weighted by Gasteiger charge is -2.22. The molecule has 236 valence electrons. The molecule has 0 aliphatic carbocycles. The zero-order valence-corrected chi connectivity index (χ0v) is 28.2. The van der Waals surface area contributed by atoms with E-state index < -0.39 is 0 Å². The van der Waals surface area contributed by atoms with Gasteiger partial charge in [-0.2, -0.15) is 5.10 Å². The molecule has 0 atom stereocenters. The third kappa shape index (κ3) is 5.61. The summed E-state index contributed by atoms with van der Waals surface area (Å²) in [6.07, 6.45) is 4.58. The van der Waals surface area contributed by atoms with Gasteiger partial charge >= 0.3 is 0 Å². The number of aryl methyl sites for hydroxylation is 2. The van der Waals surface area contributed by atoms with Crippen LogP contribution in [-0.4, -0.2) is 19.3 Å². The van der Waals surface area contributed by atoms with Crippen molar-refractivity contribution >= 4 is 21.8 Å². The number of pyridine rings is 1. The molecule has 0 saturated heterocycles. The number of ether oxygens (including phenoxy) is 1. The predicted molar refractivity (Wildman–Crippen MR) is 194 cm³/mol. The highest BCUT2D eigenvalue weighted by Crippen LogP contribution is 2.38. The van der Waals surface area contributed by atoms with Crippen LogP contribution in [0.2, 0.25) is 0 Å². The topological polar surface area (TPSA) is 44.9 Å². The average molecular weight is 619 g/mol. The highest BCUT2D eigenvalue weighted by molar-refractivity contribution is 6.09. The van der Waals surface area contributed by atoms with E-state index in [2.05, 4.69) is 154 Å². The molecule has 0 spiro atoms. The molecular formula is C42H42N4O. The molecule has 4 aromatic carbocycles. The van der Waals surface area contributed by atoms with Crippen LogP contribution < -0.4 is 4.74 Å². The fraction of sp³-hybridized carbons (Fsp3) is 0.238. The van der Waals surface area contributed by atoms with Gasteiger partial charge in [0.2, 0.25) is 0 Å². The molecule has 0 unspecified atom stereocenters. The monoisotopic (exact) mass is 618 g/mol. The van der Waals surface area contributed by atoms with Crippen molar-refractivity contribution in [2.24, 2.45) is 0 Å². The van der Waals surface area contributed by atoms with Crippen LogP contribution in [0.5, 0.6) is 11.5 Å². The Hall–Kier alpha value is -5.16. The van der Waals surface area contributed by atoms with Crippen LogP contribution in [-0.2, 0) is 24.7 Å². The van der Waals surface area contributed by atoms with Gasteiger partial charge in [0, 0.05) is 34.7 Å². The molecule has 5 heteroatoms. The van der Waals surface area contributed by atoms with Gasteiger partial charge in [-0.25, -0.2) is 9.67 Å². The van der Waals surface area contributed by atoms with E-state index in [0.717, 1.165) is 59.0 Å². The second-order valence-corrected chi connectivity index (χ2v) is 13.2. The first-order valence-electron chi connectivity index (χ1n) is 16.8. The van der Waals surface area contributed by atoms with Gasteiger partial charge in [-0.15, -0.1) is 0 Å². The first kappa shape index (κ1) is 30.5. The van der Waals surface area contributed by atoms with Crippen molar-refractivity contribution in [1.82, 2.24) is 19.3 Å². The van der Waals surface area contributed by atoms with Crippen molar-refractivity contribution in [3.05, 3.63) is 132 Å². The Balaban J connectivity index is 1.37. The number of para-hydroxylation sites is 1. The zero-order chi connectivity index (χ0) is 32.7. The summed E-state index contributed by atoms with van der Waals surface area (Å²) >= 11 is 0. The van der Waals surface area contributed by atoms with Gasteiger partial charge in [0.1, 0.15) is 17.3 Å². The van der Waals surface area contributed by atoms with E-state index in [9.17, 15) is 0 Å². The van der Waals surface area contributed by atoms with Crippen LogP contribution in [0.25, 0.3) is 44.4 Å². The van der Waals surface area contributed by atoms with Crippen molar-refractivity contribution < 1.29 is 4.74 Å². The van der Waals surface area contributed by atoms with Crippen LogP contribution >= 0.6 is 0 Å². The fourth-order valence-electron chi connectivity index (χ4n) is 6.63. The first-order valence-corrected chi connectivity index (χ1v) is 16.8. The number of rotatable bonds is 8. The van der Waals surface area contributed by atoms with Crippen LogP contribution in [0.1, 0.15) is 64.1 Å². The summed E-state index contributed by atoms with van der Waals surface area (Å²) in [7, 11) is 0. The van der Waals surface area contributed by atoms with Crippen molar-refractivity contribution in [3.8, 4) is 34.1 Å². The summed E-state index contributed by atoms with van der Waals surface area (Å²) in [5.41, 5.74) is 10.3.